The highest BCUT2D eigenvalue weighted by Crippen LogP contribution is 2.32. The molecule has 1 atom stereocenters. The zero-order chi connectivity index (χ0) is 11.7. The van der Waals surface area contributed by atoms with Gasteiger partial charge in [0.1, 0.15) is 0 Å². The van der Waals surface area contributed by atoms with Crippen molar-refractivity contribution >= 4 is 12.2 Å². The summed E-state index contributed by atoms with van der Waals surface area (Å²) < 4.78 is 5.46. The summed E-state index contributed by atoms with van der Waals surface area (Å²) in [5, 5.41) is 7.67. The van der Waals surface area contributed by atoms with E-state index in [2.05, 4.69) is 41.7 Å². The molecule has 3 rings (SSSR count). The van der Waals surface area contributed by atoms with Crippen molar-refractivity contribution in [3.8, 4) is 0 Å². The Hall–Kier alpha value is -1.35. The lowest BCUT2D eigenvalue weighted by Crippen LogP contribution is -2.27. The highest BCUT2D eigenvalue weighted by molar-refractivity contribution is 5.66. The fraction of sp³-hybridized carbons (Fsp3) is 0.500. The molecule has 0 saturated carbocycles. The van der Waals surface area contributed by atoms with E-state index in [-0.39, 0.29) is 0 Å². The quantitative estimate of drug-likeness (QED) is 0.806. The molecule has 0 aromatic carbocycles. The van der Waals surface area contributed by atoms with Gasteiger partial charge in [-0.15, -0.1) is 0 Å². The largest absolute Gasteiger partial charge is 0.356 e. The van der Waals surface area contributed by atoms with Crippen LogP contribution in [0.1, 0.15) is 42.7 Å². The Labute approximate surface area is 102 Å². The van der Waals surface area contributed by atoms with E-state index in [0.29, 0.717) is 11.8 Å². The molecule has 0 spiro atoms. The lowest BCUT2D eigenvalue weighted by atomic mass is 9.91. The molecular weight excluding hydrogens is 212 g/mol. The van der Waals surface area contributed by atoms with Crippen LogP contribution in [0.15, 0.2) is 16.7 Å². The van der Waals surface area contributed by atoms with E-state index in [4.69, 9.17) is 4.52 Å². The van der Waals surface area contributed by atoms with Gasteiger partial charge in [-0.3, -0.25) is 0 Å². The summed E-state index contributed by atoms with van der Waals surface area (Å²) in [4.78, 5) is 0. The number of nitrogens with one attached hydrogen (secondary N) is 1. The van der Waals surface area contributed by atoms with E-state index in [9.17, 15) is 0 Å². The third kappa shape index (κ3) is 2.07. The summed E-state index contributed by atoms with van der Waals surface area (Å²) in [6, 6.07) is 0. The molecular formula is C14H18N2O. The molecule has 1 fully saturated rings. The van der Waals surface area contributed by atoms with Crippen LogP contribution in [0.3, 0.4) is 0 Å². The van der Waals surface area contributed by atoms with Crippen LogP contribution in [0.4, 0.5) is 0 Å². The number of aromatic nitrogens is 1. The predicted octanol–water partition coefficient (Wildman–Crippen LogP) is 2.82. The van der Waals surface area contributed by atoms with Crippen LogP contribution in [-0.2, 0) is 0 Å². The van der Waals surface area contributed by atoms with E-state index >= 15 is 0 Å². The maximum atomic E-state index is 5.46. The summed E-state index contributed by atoms with van der Waals surface area (Å²) in [5.74, 6) is 1.94. The normalized spacial score (nSPS) is 24.6. The van der Waals surface area contributed by atoms with Gasteiger partial charge in [0.2, 0.25) is 0 Å². The summed E-state index contributed by atoms with van der Waals surface area (Å²) in [6.45, 7) is 4.35. The summed E-state index contributed by atoms with van der Waals surface area (Å²) in [7, 11) is 0. The Morgan fingerprint density at radius 2 is 2.00 bits per heavy atom. The number of allylic oxidation sites excluding steroid dienone is 2. The van der Waals surface area contributed by atoms with E-state index in [1.54, 1.807) is 0 Å². The van der Waals surface area contributed by atoms with Gasteiger partial charge in [0.25, 0.3) is 0 Å². The number of piperidine rings is 1. The Morgan fingerprint density at radius 3 is 2.82 bits per heavy atom. The highest BCUT2D eigenvalue weighted by atomic mass is 16.5. The Bertz CT molecular complexity index is 453. The predicted molar refractivity (Wildman–Crippen MR) is 68.6 cm³/mol. The van der Waals surface area contributed by atoms with Gasteiger partial charge in [0.05, 0.1) is 5.69 Å². The molecule has 1 aliphatic heterocycles. The fourth-order valence-electron chi connectivity index (χ4n) is 2.55. The minimum absolute atomic E-state index is 0.471. The molecule has 1 saturated heterocycles. The number of hydrogen-bond acceptors (Lipinski definition) is 3. The van der Waals surface area contributed by atoms with Crippen LogP contribution < -0.4 is 5.32 Å². The Balaban J connectivity index is 1.94. The molecule has 1 aromatic heterocycles. The van der Waals surface area contributed by atoms with Crippen molar-refractivity contribution in [3.05, 3.63) is 29.2 Å². The Kier molecular flexibility index (Phi) is 2.85. The molecule has 1 aromatic rings. The summed E-state index contributed by atoms with van der Waals surface area (Å²) in [6.07, 6.45) is 10.9. The van der Waals surface area contributed by atoms with Crippen LogP contribution in [0.5, 0.6) is 0 Å². The topological polar surface area (TPSA) is 38.1 Å². The van der Waals surface area contributed by atoms with E-state index in [0.717, 1.165) is 37.4 Å². The van der Waals surface area contributed by atoms with Crippen LogP contribution >= 0.6 is 0 Å². The Morgan fingerprint density at radius 1 is 1.24 bits per heavy atom. The van der Waals surface area contributed by atoms with Crippen molar-refractivity contribution in [2.24, 2.45) is 5.92 Å². The second kappa shape index (κ2) is 4.49. The van der Waals surface area contributed by atoms with Crippen LogP contribution in [0.2, 0.25) is 0 Å². The third-order valence-electron chi connectivity index (χ3n) is 3.63. The molecule has 2 aliphatic rings. The van der Waals surface area contributed by atoms with Gasteiger partial charge in [-0.25, -0.2) is 0 Å². The van der Waals surface area contributed by atoms with Crippen molar-refractivity contribution in [1.29, 1.82) is 0 Å². The smallest absolute Gasteiger partial charge is 0.166 e. The minimum Gasteiger partial charge on any atom is -0.356 e. The first-order valence-corrected chi connectivity index (χ1v) is 6.41. The average Bonchev–Trinajstić information content (AvgIpc) is 2.69. The van der Waals surface area contributed by atoms with Gasteiger partial charge >= 0.3 is 0 Å². The van der Waals surface area contributed by atoms with E-state index < -0.39 is 0 Å². The van der Waals surface area contributed by atoms with E-state index in [1.807, 2.05) is 0 Å². The zero-order valence-electron chi connectivity index (χ0n) is 10.1. The average molecular weight is 230 g/mol. The van der Waals surface area contributed by atoms with Gasteiger partial charge in [-0.1, -0.05) is 30.3 Å². The number of rotatable bonds is 1. The molecule has 2 heterocycles. The molecule has 3 nitrogen and oxygen atoms in total. The fourth-order valence-corrected chi connectivity index (χ4v) is 2.55. The lowest BCUT2D eigenvalue weighted by Gasteiger charge is -2.20. The van der Waals surface area contributed by atoms with Gasteiger partial charge in [0, 0.05) is 11.5 Å². The monoisotopic (exact) mass is 230 g/mol. The maximum absolute atomic E-state index is 5.46. The molecule has 0 radical (unpaired) electrons. The molecule has 0 bridgehead atoms. The zero-order valence-corrected chi connectivity index (χ0v) is 10.1. The van der Waals surface area contributed by atoms with Crippen molar-refractivity contribution in [3.63, 3.8) is 0 Å². The molecule has 1 unspecified atom stereocenters. The lowest BCUT2D eigenvalue weighted by molar-refractivity contribution is 0.381. The van der Waals surface area contributed by atoms with Crippen LogP contribution in [-0.4, -0.2) is 18.2 Å². The molecule has 0 amide bonds. The molecule has 3 heteroatoms. The second-order valence-electron chi connectivity index (χ2n) is 4.95. The third-order valence-corrected chi connectivity index (χ3v) is 3.63. The standard InChI is InChI=1S/C14H18N2O/c1-10-2-4-12-13(5-3-10)17-16-14(12)11-6-8-15-9-7-11/h2-5,10-11,15H,6-9H2,1H3. The first kappa shape index (κ1) is 10.8. The van der Waals surface area contributed by atoms with Crippen molar-refractivity contribution < 1.29 is 4.52 Å². The SMILES string of the molecule is CC1C=Cc2onc(C3CCNCC3)c2C=C1. The molecule has 17 heavy (non-hydrogen) atoms. The highest BCUT2D eigenvalue weighted by Gasteiger charge is 2.23. The number of nitrogens with zero attached hydrogens (tertiary/aromatic N) is 1. The first-order valence-electron chi connectivity index (χ1n) is 6.41. The number of hydrogen-bond donors (Lipinski definition) is 1. The first-order chi connectivity index (χ1) is 8.34. The van der Waals surface area contributed by atoms with Crippen molar-refractivity contribution in [2.45, 2.75) is 25.7 Å². The van der Waals surface area contributed by atoms with Crippen LogP contribution in [0, 0.1) is 5.92 Å². The summed E-state index contributed by atoms with van der Waals surface area (Å²) in [5.41, 5.74) is 2.34. The molecule has 1 N–H and O–H groups in total. The molecule has 90 valence electrons. The van der Waals surface area contributed by atoms with Gasteiger partial charge in [0.15, 0.2) is 5.76 Å². The van der Waals surface area contributed by atoms with Crippen molar-refractivity contribution in [2.75, 3.05) is 13.1 Å². The molecule has 1 aliphatic carbocycles. The van der Waals surface area contributed by atoms with Gasteiger partial charge < -0.3 is 9.84 Å². The van der Waals surface area contributed by atoms with Crippen LogP contribution in [0.25, 0.3) is 12.2 Å². The van der Waals surface area contributed by atoms with Gasteiger partial charge in [-0.2, -0.15) is 0 Å². The van der Waals surface area contributed by atoms with Crippen molar-refractivity contribution in [1.82, 2.24) is 10.5 Å². The van der Waals surface area contributed by atoms with Gasteiger partial charge in [-0.05, 0) is 37.9 Å². The van der Waals surface area contributed by atoms with E-state index in [1.165, 1.54) is 5.56 Å². The summed E-state index contributed by atoms with van der Waals surface area (Å²) >= 11 is 0. The maximum Gasteiger partial charge on any atom is 0.166 e. The number of fused-ring (bicyclic) bond motifs is 1. The second-order valence-corrected chi connectivity index (χ2v) is 4.95. The minimum atomic E-state index is 0.471.